The molecule has 1 atom stereocenters. The van der Waals surface area contributed by atoms with E-state index in [-0.39, 0.29) is 18.0 Å². The number of nitrogens with two attached hydrogens (primary N) is 1. The van der Waals surface area contributed by atoms with E-state index in [1.807, 2.05) is 0 Å². The Hall–Kier alpha value is -2.44. The topological polar surface area (TPSA) is 87.9 Å². The Morgan fingerprint density at radius 2 is 2.19 bits per heavy atom. The monoisotopic (exact) mass is 290 g/mol. The van der Waals surface area contributed by atoms with Crippen molar-refractivity contribution in [1.29, 1.82) is 0 Å². The molecule has 2 heterocycles. The van der Waals surface area contributed by atoms with Gasteiger partial charge in [0.1, 0.15) is 5.75 Å². The minimum atomic E-state index is -0.0837. The predicted octanol–water partition coefficient (Wildman–Crippen LogP) is 0.127. The number of carbonyl (C=O) groups is 2. The number of urea groups is 1. The van der Waals surface area contributed by atoms with Gasteiger partial charge in [-0.15, -0.1) is 0 Å². The third-order valence-corrected chi connectivity index (χ3v) is 3.93. The molecule has 0 radical (unpaired) electrons. The lowest BCUT2D eigenvalue weighted by Crippen LogP contribution is -2.53. The smallest absolute Gasteiger partial charge is 0.317 e. The Bertz CT molecular complexity index is 590. The van der Waals surface area contributed by atoms with E-state index < -0.39 is 0 Å². The Morgan fingerprint density at radius 1 is 1.38 bits per heavy atom. The van der Waals surface area contributed by atoms with E-state index >= 15 is 0 Å². The number of hydrogen-bond acceptors (Lipinski definition) is 4. The number of fused-ring (bicyclic) bond motifs is 1. The van der Waals surface area contributed by atoms with Gasteiger partial charge in [-0.2, -0.15) is 0 Å². The molecular formula is C14H18N4O3. The lowest BCUT2D eigenvalue weighted by molar-refractivity contribution is 0.0616. The molecule has 0 spiro atoms. The molecule has 0 saturated carbocycles. The second kappa shape index (κ2) is 5.16. The lowest BCUT2D eigenvalue weighted by Gasteiger charge is -2.36. The maximum Gasteiger partial charge on any atom is 0.317 e. The molecule has 21 heavy (non-hydrogen) atoms. The highest BCUT2D eigenvalue weighted by Crippen LogP contribution is 2.22. The van der Waals surface area contributed by atoms with Gasteiger partial charge in [0.15, 0.2) is 0 Å². The maximum atomic E-state index is 12.6. The molecule has 1 aromatic rings. The van der Waals surface area contributed by atoms with Crippen molar-refractivity contribution in [2.75, 3.05) is 39.0 Å². The fourth-order valence-corrected chi connectivity index (χ4v) is 2.83. The van der Waals surface area contributed by atoms with Crippen LogP contribution < -0.4 is 15.8 Å². The first-order chi connectivity index (χ1) is 10.1. The summed E-state index contributed by atoms with van der Waals surface area (Å²) in [4.78, 5) is 27.7. The van der Waals surface area contributed by atoms with Crippen LogP contribution in [0.1, 0.15) is 10.4 Å². The zero-order chi connectivity index (χ0) is 15.0. The third kappa shape index (κ3) is 2.46. The minimum Gasteiger partial charge on any atom is -0.497 e. The van der Waals surface area contributed by atoms with E-state index in [2.05, 4.69) is 5.32 Å². The first-order valence-electron chi connectivity index (χ1n) is 6.87. The maximum absolute atomic E-state index is 12.6. The fourth-order valence-electron chi connectivity index (χ4n) is 2.83. The highest BCUT2D eigenvalue weighted by atomic mass is 16.5. The van der Waals surface area contributed by atoms with E-state index in [1.54, 1.807) is 28.0 Å². The fraction of sp³-hybridized carbons (Fsp3) is 0.429. The van der Waals surface area contributed by atoms with Crippen molar-refractivity contribution < 1.29 is 14.3 Å². The lowest BCUT2D eigenvalue weighted by atomic mass is 10.1. The highest BCUT2D eigenvalue weighted by Gasteiger charge is 2.37. The largest absolute Gasteiger partial charge is 0.497 e. The molecule has 7 nitrogen and oxygen atoms in total. The van der Waals surface area contributed by atoms with Crippen LogP contribution in [0.25, 0.3) is 0 Å². The van der Waals surface area contributed by atoms with Crippen LogP contribution in [0.5, 0.6) is 5.75 Å². The number of nitrogens with one attached hydrogen (secondary N) is 1. The highest BCUT2D eigenvalue weighted by molar-refractivity contribution is 5.96. The number of nitrogen functional groups attached to an aromatic ring is 1. The zero-order valence-corrected chi connectivity index (χ0v) is 11.8. The van der Waals surface area contributed by atoms with Crippen LogP contribution >= 0.6 is 0 Å². The molecule has 2 aliphatic rings. The van der Waals surface area contributed by atoms with Gasteiger partial charge in [-0.1, -0.05) is 0 Å². The van der Waals surface area contributed by atoms with Crippen molar-refractivity contribution in [3.05, 3.63) is 23.8 Å². The second-order valence-corrected chi connectivity index (χ2v) is 5.28. The van der Waals surface area contributed by atoms with Crippen molar-refractivity contribution in [2.45, 2.75) is 6.04 Å². The van der Waals surface area contributed by atoms with E-state index in [0.717, 1.165) is 0 Å². The number of piperazine rings is 1. The molecule has 3 rings (SSSR count). The molecule has 2 saturated heterocycles. The molecule has 7 heteroatoms. The SMILES string of the molecule is COc1cc(N)cc(C(=O)N2CCN3C(=O)NCC3C2)c1. The molecule has 0 bridgehead atoms. The van der Waals surface area contributed by atoms with Crippen LogP contribution in [-0.2, 0) is 0 Å². The van der Waals surface area contributed by atoms with Crippen LogP contribution in [0.3, 0.4) is 0 Å². The van der Waals surface area contributed by atoms with Crippen molar-refractivity contribution in [3.63, 3.8) is 0 Å². The van der Waals surface area contributed by atoms with Crippen molar-refractivity contribution in [1.82, 2.24) is 15.1 Å². The molecular weight excluding hydrogens is 272 g/mol. The standard InChI is InChI=1S/C14H18N4O3/c1-21-12-5-9(4-10(15)6-12)13(19)17-2-3-18-11(8-17)7-16-14(18)20/h4-6,11H,2-3,7-8,15H2,1H3,(H,16,20). The molecule has 1 unspecified atom stereocenters. The number of ether oxygens (including phenoxy) is 1. The average molecular weight is 290 g/mol. The van der Waals surface area contributed by atoms with Crippen LogP contribution in [0.2, 0.25) is 0 Å². The van der Waals surface area contributed by atoms with E-state index in [0.29, 0.717) is 43.2 Å². The number of rotatable bonds is 2. The van der Waals surface area contributed by atoms with Gasteiger partial charge in [0.25, 0.3) is 5.91 Å². The number of anilines is 1. The third-order valence-electron chi connectivity index (χ3n) is 3.93. The number of methoxy groups -OCH3 is 1. The van der Waals surface area contributed by atoms with Gasteiger partial charge < -0.3 is 25.6 Å². The zero-order valence-electron chi connectivity index (χ0n) is 11.8. The van der Waals surface area contributed by atoms with Gasteiger partial charge in [-0.25, -0.2) is 4.79 Å². The normalized spacial score (nSPS) is 21.0. The van der Waals surface area contributed by atoms with Gasteiger partial charge in [0.2, 0.25) is 0 Å². The first kappa shape index (κ1) is 13.5. The number of carbonyl (C=O) groups excluding carboxylic acids is 2. The van der Waals surface area contributed by atoms with E-state index in [1.165, 1.54) is 7.11 Å². The average Bonchev–Trinajstić information content (AvgIpc) is 2.86. The van der Waals surface area contributed by atoms with Gasteiger partial charge >= 0.3 is 6.03 Å². The molecule has 2 fully saturated rings. The summed E-state index contributed by atoms with van der Waals surface area (Å²) in [6.45, 7) is 2.21. The Kier molecular flexibility index (Phi) is 3.32. The van der Waals surface area contributed by atoms with Crippen molar-refractivity contribution in [2.24, 2.45) is 0 Å². The summed E-state index contributed by atoms with van der Waals surface area (Å²) in [7, 11) is 1.54. The number of amides is 3. The summed E-state index contributed by atoms with van der Waals surface area (Å²) >= 11 is 0. The van der Waals surface area contributed by atoms with E-state index in [4.69, 9.17) is 10.5 Å². The summed E-state index contributed by atoms with van der Waals surface area (Å²) in [6.07, 6.45) is 0. The Morgan fingerprint density at radius 3 is 2.95 bits per heavy atom. The summed E-state index contributed by atoms with van der Waals surface area (Å²) in [5.74, 6) is 0.481. The minimum absolute atomic E-state index is 0.0438. The molecule has 0 aromatic heterocycles. The summed E-state index contributed by atoms with van der Waals surface area (Å²) in [6, 6.07) is 5.02. The van der Waals surface area contributed by atoms with E-state index in [9.17, 15) is 9.59 Å². The molecule has 3 amide bonds. The van der Waals surface area contributed by atoms with Gasteiger partial charge in [-0.05, 0) is 12.1 Å². The predicted molar refractivity (Wildman–Crippen MR) is 77.2 cm³/mol. The molecule has 1 aromatic carbocycles. The van der Waals surface area contributed by atoms with Crippen LogP contribution in [0.4, 0.5) is 10.5 Å². The number of nitrogens with zero attached hydrogens (tertiary/aromatic N) is 2. The molecule has 3 N–H and O–H groups in total. The van der Waals surface area contributed by atoms with Crippen LogP contribution in [0.15, 0.2) is 18.2 Å². The molecule has 0 aliphatic carbocycles. The summed E-state index contributed by atoms with van der Waals surface area (Å²) in [5, 5.41) is 2.80. The quantitative estimate of drug-likeness (QED) is 0.758. The van der Waals surface area contributed by atoms with Gasteiger partial charge in [-0.3, -0.25) is 4.79 Å². The van der Waals surface area contributed by atoms with Gasteiger partial charge in [0.05, 0.1) is 13.2 Å². The number of hydrogen-bond donors (Lipinski definition) is 2. The first-order valence-corrected chi connectivity index (χ1v) is 6.87. The molecule has 2 aliphatic heterocycles. The van der Waals surface area contributed by atoms with Crippen LogP contribution in [-0.4, -0.2) is 61.1 Å². The summed E-state index contributed by atoms with van der Waals surface area (Å²) < 4.78 is 5.14. The van der Waals surface area contributed by atoms with Gasteiger partial charge in [0, 0.05) is 43.5 Å². The molecule has 112 valence electrons. The Labute approximate surface area is 122 Å². The Balaban J connectivity index is 1.77. The van der Waals surface area contributed by atoms with Crippen molar-refractivity contribution >= 4 is 17.6 Å². The second-order valence-electron chi connectivity index (χ2n) is 5.28. The number of benzene rings is 1. The van der Waals surface area contributed by atoms with Crippen LogP contribution in [0, 0.1) is 0 Å². The summed E-state index contributed by atoms with van der Waals surface area (Å²) in [5.41, 5.74) is 6.80. The van der Waals surface area contributed by atoms with Crippen molar-refractivity contribution in [3.8, 4) is 5.75 Å².